The zero-order valence-corrected chi connectivity index (χ0v) is 17.0. The van der Waals surface area contributed by atoms with Gasteiger partial charge in [-0.25, -0.2) is 13.9 Å². The Labute approximate surface area is 187 Å². The minimum atomic E-state index is -5.08. The van der Waals surface area contributed by atoms with E-state index in [2.05, 4.69) is 25.8 Å². The lowest BCUT2D eigenvalue weighted by atomic mass is 10.1. The third kappa shape index (κ3) is 6.13. The molecule has 14 heteroatoms. The van der Waals surface area contributed by atoms with Gasteiger partial charge < -0.3 is 15.5 Å². The molecule has 1 amide bonds. The quantitative estimate of drug-likeness (QED) is 0.321. The number of carbonyl (C=O) groups excluding carboxylic acids is 1. The molecule has 0 aliphatic carbocycles. The molecule has 10 nitrogen and oxygen atoms in total. The van der Waals surface area contributed by atoms with E-state index in [-0.39, 0.29) is 18.1 Å². The van der Waals surface area contributed by atoms with Crippen LogP contribution in [-0.4, -0.2) is 60.0 Å². The van der Waals surface area contributed by atoms with Crippen LogP contribution >= 0.6 is 0 Å². The van der Waals surface area contributed by atoms with Crippen molar-refractivity contribution >= 4 is 22.8 Å². The summed E-state index contributed by atoms with van der Waals surface area (Å²) in [6.45, 7) is -0.0295. The largest absolute Gasteiger partial charge is 0.490 e. The van der Waals surface area contributed by atoms with Gasteiger partial charge in [-0.15, -0.1) is 5.10 Å². The zero-order chi connectivity index (χ0) is 24.9. The molecule has 0 radical (unpaired) electrons. The van der Waals surface area contributed by atoms with Crippen LogP contribution in [0.2, 0.25) is 0 Å². The molecule has 0 saturated heterocycles. The SMILES string of the molecule is O=C(NCC(O)c1ccc(F)cc1)c1cn(-c2ccc3[nH]ncc3c2)nn1.O=C(O)C(F)(F)F. The van der Waals surface area contributed by atoms with Crippen LogP contribution in [-0.2, 0) is 4.79 Å². The number of nitrogens with one attached hydrogen (secondary N) is 2. The van der Waals surface area contributed by atoms with Gasteiger partial charge in [0.25, 0.3) is 5.91 Å². The summed E-state index contributed by atoms with van der Waals surface area (Å²) in [5.41, 5.74) is 2.26. The van der Waals surface area contributed by atoms with Crippen LogP contribution in [0.4, 0.5) is 17.6 Å². The number of alkyl halides is 3. The number of carboxylic acids is 1. The lowest BCUT2D eigenvalue weighted by Crippen LogP contribution is -2.28. The molecule has 4 rings (SSSR count). The van der Waals surface area contributed by atoms with Crippen LogP contribution in [0.25, 0.3) is 16.6 Å². The van der Waals surface area contributed by atoms with Crippen molar-refractivity contribution in [2.75, 3.05) is 6.54 Å². The number of aliphatic hydroxyl groups is 1. The number of hydrogen-bond acceptors (Lipinski definition) is 6. The number of H-pyrrole nitrogens is 1. The van der Waals surface area contributed by atoms with Gasteiger partial charge in [0.2, 0.25) is 0 Å². The van der Waals surface area contributed by atoms with E-state index >= 15 is 0 Å². The Morgan fingerprint density at radius 2 is 1.82 bits per heavy atom. The van der Waals surface area contributed by atoms with Crippen molar-refractivity contribution < 1.29 is 37.4 Å². The van der Waals surface area contributed by atoms with E-state index in [0.29, 0.717) is 5.56 Å². The number of carbonyl (C=O) groups is 2. The first-order valence-electron chi connectivity index (χ1n) is 9.42. The molecule has 1 atom stereocenters. The summed E-state index contributed by atoms with van der Waals surface area (Å²) < 4.78 is 46.1. The van der Waals surface area contributed by atoms with Crippen LogP contribution in [0.1, 0.15) is 22.2 Å². The highest BCUT2D eigenvalue weighted by Gasteiger charge is 2.38. The minimum Gasteiger partial charge on any atom is -0.475 e. The highest BCUT2D eigenvalue weighted by atomic mass is 19.4. The summed E-state index contributed by atoms with van der Waals surface area (Å²) in [6.07, 6.45) is -2.84. The second-order valence-electron chi connectivity index (χ2n) is 6.77. The number of rotatable bonds is 5. The van der Waals surface area contributed by atoms with E-state index in [1.165, 1.54) is 35.1 Å². The Morgan fingerprint density at radius 3 is 2.47 bits per heavy atom. The molecule has 4 N–H and O–H groups in total. The van der Waals surface area contributed by atoms with Crippen LogP contribution in [0.5, 0.6) is 0 Å². The number of amides is 1. The van der Waals surface area contributed by atoms with Gasteiger partial charge in [0.15, 0.2) is 5.69 Å². The molecule has 2 aromatic carbocycles. The normalized spacial score (nSPS) is 12.0. The predicted octanol–water partition coefficient (Wildman–Crippen LogP) is 2.38. The number of aromatic nitrogens is 5. The van der Waals surface area contributed by atoms with Crippen molar-refractivity contribution in [1.82, 2.24) is 30.5 Å². The van der Waals surface area contributed by atoms with E-state index < -0.39 is 24.2 Å². The van der Waals surface area contributed by atoms with Gasteiger partial charge in [-0.3, -0.25) is 9.89 Å². The van der Waals surface area contributed by atoms with Crippen molar-refractivity contribution in [3.8, 4) is 5.69 Å². The molecule has 0 fully saturated rings. The molecule has 178 valence electrons. The molecule has 0 bridgehead atoms. The van der Waals surface area contributed by atoms with E-state index in [0.717, 1.165) is 16.6 Å². The zero-order valence-electron chi connectivity index (χ0n) is 17.0. The van der Waals surface area contributed by atoms with Gasteiger partial charge in [-0.05, 0) is 35.9 Å². The fourth-order valence-corrected chi connectivity index (χ4v) is 2.65. The summed E-state index contributed by atoms with van der Waals surface area (Å²) in [6, 6.07) is 11.0. The van der Waals surface area contributed by atoms with Gasteiger partial charge in [0, 0.05) is 11.9 Å². The molecule has 2 aromatic heterocycles. The number of fused-ring (bicyclic) bond motifs is 1. The Balaban J connectivity index is 0.000000406. The standard InChI is InChI=1S/C18H15FN6O2.C2HF3O2/c19-13-3-1-11(2-4-13)17(26)9-20-18(27)16-10-25(24-23-16)14-5-6-15-12(7-14)8-21-22-15;3-2(4,5)1(6)7/h1-8,10,17,26H,9H2,(H,20,27)(H,21,22);(H,6,7). The molecular weight excluding hydrogens is 464 g/mol. The topological polar surface area (TPSA) is 146 Å². The van der Waals surface area contributed by atoms with Crippen molar-refractivity contribution in [2.24, 2.45) is 0 Å². The number of nitrogens with zero attached hydrogens (tertiary/aromatic N) is 4. The van der Waals surface area contributed by atoms with E-state index in [9.17, 15) is 27.5 Å². The maximum Gasteiger partial charge on any atom is 0.490 e. The number of halogens is 4. The lowest BCUT2D eigenvalue weighted by Gasteiger charge is -2.11. The van der Waals surface area contributed by atoms with Crippen LogP contribution in [0.15, 0.2) is 54.9 Å². The van der Waals surface area contributed by atoms with Crippen molar-refractivity contribution in [3.63, 3.8) is 0 Å². The van der Waals surface area contributed by atoms with Gasteiger partial charge in [0.05, 0.1) is 29.7 Å². The smallest absolute Gasteiger partial charge is 0.475 e. The number of aromatic amines is 1. The molecule has 0 aliphatic rings. The summed E-state index contributed by atoms with van der Waals surface area (Å²) >= 11 is 0. The first-order valence-corrected chi connectivity index (χ1v) is 9.42. The van der Waals surface area contributed by atoms with Crippen LogP contribution < -0.4 is 5.32 Å². The van der Waals surface area contributed by atoms with Crippen LogP contribution in [0, 0.1) is 5.82 Å². The number of aliphatic carboxylic acids is 1. The third-order valence-electron chi connectivity index (χ3n) is 4.37. The number of hydrogen-bond donors (Lipinski definition) is 4. The summed E-state index contributed by atoms with van der Waals surface area (Å²) in [5, 5.41) is 35.4. The molecular formula is C20H16F4N6O4. The summed E-state index contributed by atoms with van der Waals surface area (Å²) in [5.74, 6) is -3.61. The monoisotopic (exact) mass is 480 g/mol. The molecule has 2 heterocycles. The predicted molar refractivity (Wildman–Crippen MR) is 108 cm³/mol. The molecule has 0 saturated carbocycles. The second-order valence-corrected chi connectivity index (χ2v) is 6.77. The minimum absolute atomic E-state index is 0.0295. The van der Waals surface area contributed by atoms with Crippen molar-refractivity contribution in [3.05, 3.63) is 71.9 Å². The first kappa shape index (κ1) is 24.3. The fraction of sp³-hybridized carbons (Fsp3) is 0.150. The maximum atomic E-state index is 12.9. The Morgan fingerprint density at radius 1 is 1.15 bits per heavy atom. The second kappa shape index (κ2) is 10.1. The summed E-state index contributed by atoms with van der Waals surface area (Å²) in [4.78, 5) is 21.1. The average molecular weight is 480 g/mol. The summed E-state index contributed by atoms with van der Waals surface area (Å²) in [7, 11) is 0. The van der Waals surface area contributed by atoms with Gasteiger partial charge in [0.1, 0.15) is 5.82 Å². The number of carboxylic acid groups (broad SMARTS) is 1. The molecule has 0 spiro atoms. The molecule has 4 aromatic rings. The Bertz CT molecular complexity index is 1290. The van der Waals surface area contributed by atoms with E-state index in [4.69, 9.17) is 9.90 Å². The average Bonchev–Trinajstić information content (AvgIpc) is 3.46. The lowest BCUT2D eigenvalue weighted by molar-refractivity contribution is -0.192. The van der Waals surface area contributed by atoms with Gasteiger partial charge in [-0.1, -0.05) is 17.3 Å². The van der Waals surface area contributed by atoms with Crippen molar-refractivity contribution in [1.29, 1.82) is 0 Å². The Kier molecular flexibility index (Phi) is 7.21. The maximum absolute atomic E-state index is 12.9. The Hall–Kier alpha value is -4.33. The van der Waals surface area contributed by atoms with Crippen molar-refractivity contribution in [2.45, 2.75) is 12.3 Å². The van der Waals surface area contributed by atoms with Gasteiger partial charge >= 0.3 is 12.1 Å². The molecule has 1 unspecified atom stereocenters. The number of benzene rings is 2. The van der Waals surface area contributed by atoms with E-state index in [1.807, 2.05) is 18.2 Å². The van der Waals surface area contributed by atoms with Crippen LogP contribution in [0.3, 0.4) is 0 Å². The highest BCUT2D eigenvalue weighted by molar-refractivity contribution is 5.92. The fourth-order valence-electron chi connectivity index (χ4n) is 2.65. The third-order valence-corrected chi connectivity index (χ3v) is 4.37. The first-order chi connectivity index (χ1) is 16.0. The van der Waals surface area contributed by atoms with E-state index in [1.54, 1.807) is 6.20 Å². The highest BCUT2D eigenvalue weighted by Crippen LogP contribution is 2.16. The van der Waals surface area contributed by atoms with Gasteiger partial charge in [-0.2, -0.15) is 18.3 Å². The molecule has 0 aliphatic heterocycles. The molecule has 34 heavy (non-hydrogen) atoms. The number of aliphatic hydroxyl groups excluding tert-OH is 1.